The summed E-state index contributed by atoms with van der Waals surface area (Å²) in [5.74, 6) is 0.154. The van der Waals surface area contributed by atoms with Gasteiger partial charge in [0.05, 0.1) is 13.5 Å². The fourth-order valence-corrected chi connectivity index (χ4v) is 2.58. The maximum Gasteiger partial charge on any atom is 0.306 e. The molecule has 0 saturated carbocycles. The first-order valence-electron chi connectivity index (χ1n) is 5.75. The average Bonchev–Trinajstić information content (AvgIpc) is 2.53. The third-order valence-electron chi connectivity index (χ3n) is 3.42. The minimum Gasteiger partial charge on any atom is -0.469 e. The number of carbonyl (C=O) groups excluding carboxylic acids is 2. The molecule has 88 valence electrons. The molecule has 0 aromatic carbocycles. The van der Waals surface area contributed by atoms with Crippen LogP contribution in [0.25, 0.3) is 0 Å². The number of fused-ring (bicyclic) bond motifs is 1. The smallest absolute Gasteiger partial charge is 0.306 e. The van der Waals surface area contributed by atoms with Crippen LogP contribution in [-0.4, -0.2) is 36.5 Å². The molecule has 2 aliphatic rings. The summed E-state index contributed by atoms with van der Waals surface area (Å²) in [5, 5.41) is 0. The van der Waals surface area contributed by atoms with Crippen LogP contribution < -0.4 is 0 Å². The van der Waals surface area contributed by atoms with Crippen LogP contribution in [0.5, 0.6) is 0 Å². The van der Waals surface area contributed by atoms with E-state index >= 15 is 0 Å². The van der Waals surface area contributed by atoms with Crippen LogP contribution in [0, 0.1) is 5.92 Å². The molecule has 2 rings (SSSR count). The third-order valence-corrected chi connectivity index (χ3v) is 3.42. The summed E-state index contributed by atoms with van der Waals surface area (Å²) in [5.41, 5.74) is 0. The average molecular weight is 223 g/mol. The van der Waals surface area contributed by atoms with Crippen molar-refractivity contribution in [3.8, 4) is 0 Å². The zero-order chi connectivity index (χ0) is 11.5. The van der Waals surface area contributed by atoms with Crippen molar-refractivity contribution in [3.63, 3.8) is 0 Å². The highest BCUT2D eigenvalue weighted by Crippen LogP contribution is 2.30. The minimum atomic E-state index is -0.198. The van der Waals surface area contributed by atoms with Gasteiger partial charge in [-0.15, -0.1) is 0 Å². The normalized spacial score (nSPS) is 28.8. The second-order valence-electron chi connectivity index (χ2n) is 4.35. The van der Waals surface area contributed by atoms with Crippen LogP contribution in [0.4, 0.5) is 0 Å². The number of hydrogen-bond donors (Lipinski definition) is 0. The van der Waals surface area contributed by atoms with Crippen LogP contribution in [0.3, 0.4) is 0 Å². The summed E-state index contributed by atoms with van der Waals surface area (Å²) in [6.45, 7) is 0.789. The van der Waals surface area contributed by atoms with E-state index in [1.54, 1.807) is 0 Å². The first kappa shape index (κ1) is 11.2. The van der Waals surface area contributed by atoms with Crippen molar-refractivity contribution in [1.29, 1.82) is 0 Å². The lowest BCUT2D eigenvalue weighted by Crippen LogP contribution is -2.37. The fraction of sp³-hybridized carbons (Fsp3) is 0.667. The monoisotopic (exact) mass is 223 g/mol. The first-order valence-corrected chi connectivity index (χ1v) is 5.75. The van der Waals surface area contributed by atoms with Crippen LogP contribution in [0.2, 0.25) is 0 Å². The van der Waals surface area contributed by atoms with Gasteiger partial charge in [-0.2, -0.15) is 0 Å². The van der Waals surface area contributed by atoms with Crippen molar-refractivity contribution in [2.45, 2.75) is 31.7 Å². The molecule has 2 heterocycles. The molecule has 2 atom stereocenters. The molecule has 1 amide bonds. The van der Waals surface area contributed by atoms with Gasteiger partial charge in [0.15, 0.2) is 0 Å². The molecule has 0 aromatic rings. The lowest BCUT2D eigenvalue weighted by atomic mass is 9.94. The summed E-state index contributed by atoms with van der Waals surface area (Å²) in [7, 11) is 1.40. The Hall–Kier alpha value is -1.32. The summed E-state index contributed by atoms with van der Waals surface area (Å²) >= 11 is 0. The van der Waals surface area contributed by atoms with Crippen LogP contribution in [0.1, 0.15) is 25.7 Å². The molecule has 16 heavy (non-hydrogen) atoms. The van der Waals surface area contributed by atoms with E-state index in [4.69, 9.17) is 4.74 Å². The number of hydrogen-bond acceptors (Lipinski definition) is 3. The molecule has 4 nitrogen and oxygen atoms in total. The summed E-state index contributed by atoms with van der Waals surface area (Å²) in [6, 6.07) is 0.199. The topological polar surface area (TPSA) is 46.6 Å². The molecule has 0 aliphatic carbocycles. The van der Waals surface area contributed by atoms with Crippen LogP contribution in [-0.2, 0) is 14.3 Å². The van der Waals surface area contributed by atoms with Gasteiger partial charge in [-0.1, -0.05) is 12.2 Å². The van der Waals surface area contributed by atoms with E-state index in [0.717, 1.165) is 19.4 Å². The van der Waals surface area contributed by atoms with Gasteiger partial charge in [-0.05, 0) is 12.8 Å². The highest BCUT2D eigenvalue weighted by Gasteiger charge is 2.36. The number of rotatable bonds is 2. The SMILES string of the molecule is COC(=O)C[C@@H]1C=CCCN2C(=O)CC[C@@H]12. The van der Waals surface area contributed by atoms with Crippen molar-refractivity contribution in [2.75, 3.05) is 13.7 Å². The Morgan fingerprint density at radius 2 is 2.44 bits per heavy atom. The van der Waals surface area contributed by atoms with Gasteiger partial charge in [0.2, 0.25) is 5.91 Å². The lowest BCUT2D eigenvalue weighted by Gasteiger charge is -2.27. The molecule has 0 radical (unpaired) electrons. The van der Waals surface area contributed by atoms with E-state index in [1.807, 2.05) is 4.90 Å². The van der Waals surface area contributed by atoms with Crippen molar-refractivity contribution in [3.05, 3.63) is 12.2 Å². The van der Waals surface area contributed by atoms with E-state index in [9.17, 15) is 9.59 Å². The predicted octanol–water partition coefficient (Wildman–Crippen LogP) is 1.12. The Balaban J connectivity index is 2.09. The van der Waals surface area contributed by atoms with E-state index < -0.39 is 0 Å². The second-order valence-corrected chi connectivity index (χ2v) is 4.35. The maximum absolute atomic E-state index is 11.6. The molecule has 0 unspecified atom stereocenters. The molecule has 0 aromatic heterocycles. The standard InChI is InChI=1S/C12H17NO3/c1-16-12(15)8-9-4-2-3-7-13-10(9)5-6-11(13)14/h2,4,9-10H,3,5-8H2,1H3/t9-,10-/m0/s1. The Labute approximate surface area is 95.2 Å². The Morgan fingerprint density at radius 3 is 3.19 bits per heavy atom. The zero-order valence-electron chi connectivity index (χ0n) is 9.52. The van der Waals surface area contributed by atoms with E-state index in [0.29, 0.717) is 12.8 Å². The minimum absolute atomic E-state index is 0.126. The Morgan fingerprint density at radius 1 is 1.62 bits per heavy atom. The van der Waals surface area contributed by atoms with Gasteiger partial charge >= 0.3 is 5.97 Å². The van der Waals surface area contributed by atoms with E-state index in [2.05, 4.69) is 12.2 Å². The first-order chi connectivity index (χ1) is 7.72. The zero-order valence-corrected chi connectivity index (χ0v) is 9.52. The maximum atomic E-state index is 11.6. The second kappa shape index (κ2) is 4.68. The molecular formula is C12H17NO3. The number of methoxy groups -OCH3 is 1. The Kier molecular flexibility index (Phi) is 3.27. The van der Waals surface area contributed by atoms with Crippen LogP contribution >= 0.6 is 0 Å². The summed E-state index contributed by atoms with van der Waals surface area (Å²) in [6.07, 6.45) is 6.89. The predicted molar refractivity (Wildman–Crippen MR) is 58.6 cm³/mol. The quantitative estimate of drug-likeness (QED) is 0.520. The van der Waals surface area contributed by atoms with Gasteiger partial charge in [-0.3, -0.25) is 9.59 Å². The summed E-state index contributed by atoms with van der Waals surface area (Å²) < 4.78 is 4.69. The van der Waals surface area contributed by atoms with Gasteiger partial charge in [0, 0.05) is 24.9 Å². The number of esters is 1. The molecule has 4 heteroatoms. The third kappa shape index (κ3) is 2.10. The summed E-state index contributed by atoms with van der Waals surface area (Å²) in [4.78, 5) is 24.9. The van der Waals surface area contributed by atoms with Crippen molar-refractivity contribution >= 4 is 11.9 Å². The molecule has 1 saturated heterocycles. The lowest BCUT2D eigenvalue weighted by molar-refractivity contribution is -0.142. The number of ether oxygens (including phenoxy) is 1. The molecule has 1 fully saturated rings. The van der Waals surface area contributed by atoms with Crippen molar-refractivity contribution < 1.29 is 14.3 Å². The number of amides is 1. The van der Waals surface area contributed by atoms with E-state index in [1.165, 1.54) is 7.11 Å². The molecular weight excluding hydrogens is 206 g/mol. The van der Waals surface area contributed by atoms with Crippen LogP contribution in [0.15, 0.2) is 12.2 Å². The van der Waals surface area contributed by atoms with Gasteiger partial charge < -0.3 is 9.64 Å². The van der Waals surface area contributed by atoms with Crippen molar-refractivity contribution in [1.82, 2.24) is 4.90 Å². The van der Waals surface area contributed by atoms with Gasteiger partial charge in [0.25, 0.3) is 0 Å². The number of nitrogens with zero attached hydrogens (tertiary/aromatic N) is 1. The fourth-order valence-electron chi connectivity index (χ4n) is 2.58. The van der Waals surface area contributed by atoms with E-state index in [-0.39, 0.29) is 23.8 Å². The van der Waals surface area contributed by atoms with Gasteiger partial charge in [0.1, 0.15) is 0 Å². The Bertz CT molecular complexity index is 324. The molecule has 2 aliphatic heterocycles. The highest BCUT2D eigenvalue weighted by atomic mass is 16.5. The number of carbonyl (C=O) groups is 2. The largest absolute Gasteiger partial charge is 0.469 e. The van der Waals surface area contributed by atoms with Crippen molar-refractivity contribution in [2.24, 2.45) is 5.92 Å². The highest BCUT2D eigenvalue weighted by molar-refractivity contribution is 5.79. The molecule has 0 N–H and O–H groups in total. The molecule has 0 spiro atoms. The van der Waals surface area contributed by atoms with Gasteiger partial charge in [-0.25, -0.2) is 0 Å². The molecule has 0 bridgehead atoms.